The van der Waals surface area contributed by atoms with Crippen LogP contribution in [0, 0.1) is 11.2 Å². The van der Waals surface area contributed by atoms with Crippen molar-refractivity contribution in [2.45, 2.75) is 33.1 Å². The molecule has 18 heavy (non-hydrogen) atoms. The van der Waals surface area contributed by atoms with E-state index in [4.69, 9.17) is 10.5 Å². The van der Waals surface area contributed by atoms with Crippen molar-refractivity contribution in [3.8, 4) is 5.75 Å². The Morgan fingerprint density at radius 2 is 2.11 bits per heavy atom. The average molecular weight is 252 g/mol. The highest BCUT2D eigenvalue weighted by Crippen LogP contribution is 2.48. The van der Waals surface area contributed by atoms with Crippen molar-refractivity contribution in [1.82, 2.24) is 0 Å². The molecule has 0 atom stereocenters. The minimum absolute atomic E-state index is 0.260. The van der Waals surface area contributed by atoms with Gasteiger partial charge < -0.3 is 15.8 Å². The maximum Gasteiger partial charge on any atom is 0.167 e. The molecule has 1 saturated carbocycles. The van der Waals surface area contributed by atoms with Gasteiger partial charge >= 0.3 is 0 Å². The Morgan fingerprint density at radius 1 is 1.39 bits per heavy atom. The first-order valence-electron chi connectivity index (χ1n) is 6.56. The zero-order valence-electron chi connectivity index (χ0n) is 11.1. The first kappa shape index (κ1) is 13.0. The molecule has 0 saturated heterocycles. The second-order valence-electron chi connectivity index (χ2n) is 5.01. The second kappa shape index (κ2) is 5.04. The fourth-order valence-electron chi connectivity index (χ4n) is 2.10. The Bertz CT molecular complexity index is 430. The monoisotopic (exact) mass is 252 g/mol. The first-order valence-corrected chi connectivity index (χ1v) is 6.56. The van der Waals surface area contributed by atoms with Gasteiger partial charge in [0.2, 0.25) is 0 Å². The van der Waals surface area contributed by atoms with Crippen molar-refractivity contribution in [1.29, 1.82) is 0 Å². The van der Waals surface area contributed by atoms with Crippen LogP contribution in [0.5, 0.6) is 5.75 Å². The van der Waals surface area contributed by atoms with Crippen molar-refractivity contribution in [3.63, 3.8) is 0 Å². The van der Waals surface area contributed by atoms with E-state index in [1.54, 1.807) is 6.07 Å². The van der Waals surface area contributed by atoms with Crippen LogP contribution in [0.4, 0.5) is 15.8 Å². The number of hydrogen-bond acceptors (Lipinski definition) is 3. The third-order valence-electron chi connectivity index (χ3n) is 3.76. The lowest BCUT2D eigenvalue weighted by molar-refractivity contribution is 0.322. The second-order valence-corrected chi connectivity index (χ2v) is 5.01. The lowest BCUT2D eigenvalue weighted by Gasteiger charge is -2.17. The van der Waals surface area contributed by atoms with E-state index in [0.29, 0.717) is 17.7 Å². The summed E-state index contributed by atoms with van der Waals surface area (Å²) in [7, 11) is 0. The predicted molar refractivity (Wildman–Crippen MR) is 72.4 cm³/mol. The molecule has 4 heteroatoms. The van der Waals surface area contributed by atoms with E-state index < -0.39 is 5.82 Å². The summed E-state index contributed by atoms with van der Waals surface area (Å²) in [6, 6.07) is 2.97. The summed E-state index contributed by atoms with van der Waals surface area (Å²) >= 11 is 0. The van der Waals surface area contributed by atoms with Gasteiger partial charge in [-0.05, 0) is 31.6 Å². The highest BCUT2D eigenvalue weighted by atomic mass is 19.1. The van der Waals surface area contributed by atoms with E-state index in [1.165, 1.54) is 25.3 Å². The van der Waals surface area contributed by atoms with Crippen molar-refractivity contribution < 1.29 is 9.13 Å². The van der Waals surface area contributed by atoms with E-state index in [2.05, 4.69) is 12.2 Å². The van der Waals surface area contributed by atoms with E-state index in [-0.39, 0.29) is 5.75 Å². The van der Waals surface area contributed by atoms with Crippen molar-refractivity contribution in [3.05, 3.63) is 17.9 Å². The molecule has 100 valence electrons. The Balaban J connectivity index is 2.09. The highest BCUT2D eigenvalue weighted by Gasteiger charge is 2.40. The molecule has 0 bridgehead atoms. The van der Waals surface area contributed by atoms with Crippen LogP contribution in [-0.2, 0) is 0 Å². The molecule has 0 spiro atoms. The molecule has 0 amide bonds. The van der Waals surface area contributed by atoms with Crippen LogP contribution in [0.15, 0.2) is 12.1 Å². The van der Waals surface area contributed by atoms with Gasteiger partial charge in [-0.1, -0.05) is 6.92 Å². The van der Waals surface area contributed by atoms with Crippen molar-refractivity contribution >= 4 is 11.4 Å². The van der Waals surface area contributed by atoms with Gasteiger partial charge in [-0.3, -0.25) is 0 Å². The van der Waals surface area contributed by atoms with E-state index >= 15 is 0 Å². The van der Waals surface area contributed by atoms with Crippen LogP contribution in [-0.4, -0.2) is 13.2 Å². The van der Waals surface area contributed by atoms with Gasteiger partial charge in [-0.2, -0.15) is 0 Å². The molecule has 0 radical (unpaired) electrons. The quantitative estimate of drug-likeness (QED) is 0.763. The third kappa shape index (κ3) is 2.68. The molecule has 0 heterocycles. The Morgan fingerprint density at radius 3 is 2.67 bits per heavy atom. The van der Waals surface area contributed by atoms with E-state index in [9.17, 15) is 4.39 Å². The molecule has 1 aromatic rings. The fourth-order valence-corrected chi connectivity index (χ4v) is 2.10. The van der Waals surface area contributed by atoms with Gasteiger partial charge in [0.05, 0.1) is 18.0 Å². The van der Waals surface area contributed by atoms with Gasteiger partial charge in [0.1, 0.15) is 0 Å². The minimum Gasteiger partial charge on any atom is -0.491 e. The number of benzene rings is 1. The van der Waals surface area contributed by atoms with Gasteiger partial charge in [-0.15, -0.1) is 0 Å². The topological polar surface area (TPSA) is 47.3 Å². The number of halogens is 1. The summed E-state index contributed by atoms with van der Waals surface area (Å²) in [6.45, 7) is 5.37. The van der Waals surface area contributed by atoms with E-state index in [0.717, 1.165) is 12.2 Å². The van der Waals surface area contributed by atoms with Crippen LogP contribution in [0.25, 0.3) is 0 Å². The van der Waals surface area contributed by atoms with Crippen LogP contribution in [0.2, 0.25) is 0 Å². The summed E-state index contributed by atoms with van der Waals surface area (Å²) in [4.78, 5) is 0. The summed E-state index contributed by atoms with van der Waals surface area (Å²) in [5, 5.41) is 3.32. The number of rotatable bonds is 6. The Labute approximate surface area is 108 Å². The number of nitrogens with one attached hydrogen (secondary N) is 1. The number of nitrogens with two attached hydrogens (primary N) is 1. The molecule has 1 aliphatic rings. The normalized spacial score (nSPS) is 16.4. The first-order chi connectivity index (χ1) is 8.60. The summed E-state index contributed by atoms with van der Waals surface area (Å²) in [5.74, 6) is -0.146. The molecule has 3 N–H and O–H groups in total. The summed E-state index contributed by atoms with van der Waals surface area (Å²) in [6.07, 6.45) is 3.69. The molecule has 0 aromatic heterocycles. The average Bonchev–Trinajstić information content (AvgIpc) is 3.12. The lowest BCUT2D eigenvalue weighted by Crippen LogP contribution is -2.15. The predicted octanol–water partition coefficient (Wildman–Crippen LogP) is 3.41. The van der Waals surface area contributed by atoms with Gasteiger partial charge in [0.25, 0.3) is 0 Å². The number of ether oxygens (including phenoxy) is 1. The number of hydrogen-bond donors (Lipinski definition) is 2. The van der Waals surface area contributed by atoms with Crippen LogP contribution >= 0.6 is 0 Å². The molecular formula is C14H21FN2O. The Hall–Kier alpha value is -1.45. The molecule has 1 fully saturated rings. The van der Waals surface area contributed by atoms with Crippen LogP contribution in [0.1, 0.15) is 33.1 Å². The smallest absolute Gasteiger partial charge is 0.167 e. The van der Waals surface area contributed by atoms with Crippen molar-refractivity contribution in [2.75, 3.05) is 24.2 Å². The Kier molecular flexibility index (Phi) is 3.64. The molecular weight excluding hydrogens is 231 g/mol. The largest absolute Gasteiger partial charge is 0.491 e. The fraction of sp³-hybridized carbons (Fsp3) is 0.571. The highest BCUT2D eigenvalue weighted by molar-refractivity contribution is 5.68. The SMILES string of the molecule is CCOc1cc(NCC2(CC)CC2)c(N)cc1F. The van der Waals surface area contributed by atoms with Crippen LogP contribution in [0.3, 0.4) is 0 Å². The molecule has 1 aliphatic carbocycles. The lowest BCUT2D eigenvalue weighted by atomic mass is 10.0. The maximum atomic E-state index is 13.5. The molecule has 3 nitrogen and oxygen atoms in total. The molecule has 2 rings (SSSR count). The number of nitrogen functional groups attached to an aromatic ring is 1. The molecule has 0 unspecified atom stereocenters. The minimum atomic E-state index is -0.406. The summed E-state index contributed by atoms with van der Waals surface area (Å²) < 4.78 is 18.8. The maximum absolute atomic E-state index is 13.5. The molecule has 1 aromatic carbocycles. The summed E-state index contributed by atoms with van der Waals surface area (Å²) in [5.41, 5.74) is 7.44. The van der Waals surface area contributed by atoms with Gasteiger partial charge in [-0.25, -0.2) is 4.39 Å². The standard InChI is InChI=1S/C14H21FN2O/c1-3-14(5-6-14)9-17-12-8-13(18-4-2)10(15)7-11(12)16/h7-8,17H,3-6,9,16H2,1-2H3. The zero-order chi connectivity index (χ0) is 13.2. The number of anilines is 2. The van der Waals surface area contributed by atoms with Gasteiger partial charge in [0, 0.05) is 18.7 Å². The van der Waals surface area contributed by atoms with Crippen molar-refractivity contribution in [2.24, 2.45) is 5.41 Å². The van der Waals surface area contributed by atoms with Crippen LogP contribution < -0.4 is 15.8 Å². The van der Waals surface area contributed by atoms with E-state index in [1.807, 2.05) is 6.92 Å². The zero-order valence-corrected chi connectivity index (χ0v) is 11.1. The van der Waals surface area contributed by atoms with Gasteiger partial charge in [0.15, 0.2) is 11.6 Å². The molecule has 0 aliphatic heterocycles. The third-order valence-corrected chi connectivity index (χ3v) is 3.76.